The molecule has 0 spiro atoms. The number of hydrogen-bond donors (Lipinski definition) is 2. The lowest BCUT2D eigenvalue weighted by atomic mass is 9.80. The predicted molar refractivity (Wildman–Crippen MR) is 79.7 cm³/mol. The summed E-state index contributed by atoms with van der Waals surface area (Å²) in [5.74, 6) is 0.759. The van der Waals surface area contributed by atoms with Crippen LogP contribution >= 0.6 is 0 Å². The van der Waals surface area contributed by atoms with E-state index in [9.17, 15) is 5.11 Å². The van der Waals surface area contributed by atoms with E-state index in [2.05, 4.69) is 10.3 Å². The lowest BCUT2D eigenvalue weighted by Crippen LogP contribution is -2.45. The van der Waals surface area contributed by atoms with Crippen LogP contribution in [0.15, 0.2) is 30.3 Å². The molecule has 4 heteroatoms. The molecule has 0 bridgehead atoms. The van der Waals surface area contributed by atoms with Crippen molar-refractivity contribution >= 4 is 16.7 Å². The number of aliphatic hydroxyl groups is 1. The molecule has 0 saturated heterocycles. The number of nitrogens with zero attached hydrogens (tertiary/aromatic N) is 1. The molecule has 1 aliphatic carbocycles. The van der Waals surface area contributed by atoms with E-state index < -0.39 is 0 Å². The quantitative estimate of drug-likeness (QED) is 0.878. The number of pyridine rings is 1. The molecular formula is C16H20N2O2. The zero-order valence-corrected chi connectivity index (χ0v) is 11.7. The molecule has 1 heterocycles. The van der Waals surface area contributed by atoms with Gasteiger partial charge in [0.15, 0.2) is 0 Å². The van der Waals surface area contributed by atoms with Crippen molar-refractivity contribution < 1.29 is 9.84 Å². The summed E-state index contributed by atoms with van der Waals surface area (Å²) in [5, 5.41) is 13.9. The molecule has 1 fully saturated rings. The number of para-hydroxylation sites is 1. The molecule has 2 aromatic rings. The summed E-state index contributed by atoms with van der Waals surface area (Å²) in [6.45, 7) is 0.724. The summed E-state index contributed by atoms with van der Waals surface area (Å²) < 4.78 is 5.60. The Hall–Kier alpha value is -1.65. The Labute approximate surface area is 118 Å². The molecule has 106 valence electrons. The lowest BCUT2D eigenvalue weighted by molar-refractivity contribution is -0.0601. The molecule has 0 atom stereocenters. The van der Waals surface area contributed by atoms with Crippen molar-refractivity contribution in [3.05, 3.63) is 35.9 Å². The maximum Gasteiger partial charge on any atom is 0.132 e. The fourth-order valence-electron chi connectivity index (χ4n) is 2.70. The maximum absolute atomic E-state index is 9.52. The molecular weight excluding hydrogens is 252 g/mol. The van der Waals surface area contributed by atoms with Crippen molar-refractivity contribution in [2.24, 2.45) is 0 Å². The summed E-state index contributed by atoms with van der Waals surface area (Å²) in [4.78, 5) is 4.62. The Balaban J connectivity index is 1.86. The van der Waals surface area contributed by atoms with E-state index in [0.29, 0.717) is 0 Å². The highest BCUT2D eigenvalue weighted by Gasteiger charge is 2.36. The van der Waals surface area contributed by atoms with Crippen molar-refractivity contribution in [3.8, 4) is 0 Å². The number of aromatic nitrogens is 1. The van der Waals surface area contributed by atoms with Crippen molar-refractivity contribution in [1.82, 2.24) is 4.98 Å². The first-order valence-corrected chi connectivity index (χ1v) is 7.05. The van der Waals surface area contributed by atoms with Crippen LogP contribution in [0.25, 0.3) is 10.9 Å². The van der Waals surface area contributed by atoms with Crippen molar-refractivity contribution in [3.63, 3.8) is 0 Å². The molecule has 1 aliphatic rings. The van der Waals surface area contributed by atoms with Gasteiger partial charge in [0.2, 0.25) is 0 Å². The molecule has 1 saturated carbocycles. The SMILES string of the molecule is COC1(CNc2nc3ccccc3cc2CO)CCC1. The first kappa shape index (κ1) is 13.3. The van der Waals surface area contributed by atoms with Crippen LogP contribution in [0, 0.1) is 0 Å². The summed E-state index contributed by atoms with van der Waals surface area (Å²) in [5.41, 5.74) is 1.71. The van der Waals surface area contributed by atoms with Gasteiger partial charge in [-0.25, -0.2) is 4.98 Å². The summed E-state index contributed by atoms with van der Waals surface area (Å²) in [7, 11) is 1.77. The standard InChI is InChI=1S/C16H20N2O2/c1-20-16(7-4-8-16)11-17-15-13(10-19)9-12-5-2-3-6-14(12)18-15/h2-3,5-6,9,19H,4,7-8,10-11H2,1H3,(H,17,18). The minimum Gasteiger partial charge on any atom is -0.392 e. The van der Waals surface area contributed by atoms with E-state index in [1.165, 1.54) is 6.42 Å². The Morgan fingerprint density at radius 3 is 2.80 bits per heavy atom. The topological polar surface area (TPSA) is 54.4 Å². The minimum atomic E-state index is -0.0555. The molecule has 0 unspecified atom stereocenters. The third-order valence-electron chi connectivity index (χ3n) is 4.25. The predicted octanol–water partition coefficient (Wildman–Crippen LogP) is 2.71. The van der Waals surface area contributed by atoms with Gasteiger partial charge in [0.1, 0.15) is 5.82 Å². The molecule has 2 N–H and O–H groups in total. The zero-order chi connectivity index (χ0) is 14.0. The second kappa shape index (κ2) is 5.38. The van der Waals surface area contributed by atoms with Gasteiger partial charge in [0.25, 0.3) is 0 Å². The first-order chi connectivity index (χ1) is 9.76. The van der Waals surface area contributed by atoms with Gasteiger partial charge in [0.05, 0.1) is 17.7 Å². The Morgan fingerprint density at radius 1 is 1.35 bits per heavy atom. The number of rotatable bonds is 5. The van der Waals surface area contributed by atoms with Crippen molar-refractivity contribution in [2.75, 3.05) is 19.0 Å². The number of benzene rings is 1. The van der Waals surface area contributed by atoms with Gasteiger partial charge in [-0.15, -0.1) is 0 Å². The first-order valence-electron chi connectivity index (χ1n) is 7.05. The average molecular weight is 272 g/mol. The van der Waals surface area contributed by atoms with E-state index >= 15 is 0 Å². The van der Waals surface area contributed by atoms with E-state index in [0.717, 1.165) is 41.7 Å². The largest absolute Gasteiger partial charge is 0.392 e. The summed E-state index contributed by atoms with van der Waals surface area (Å²) in [6, 6.07) is 9.93. The lowest BCUT2D eigenvalue weighted by Gasteiger charge is -2.40. The van der Waals surface area contributed by atoms with Crippen LogP contribution in [0.4, 0.5) is 5.82 Å². The van der Waals surface area contributed by atoms with E-state index in [1.54, 1.807) is 7.11 Å². The van der Waals surface area contributed by atoms with Gasteiger partial charge >= 0.3 is 0 Å². The minimum absolute atomic E-state index is 0.0137. The van der Waals surface area contributed by atoms with Gasteiger partial charge in [-0.2, -0.15) is 0 Å². The van der Waals surface area contributed by atoms with E-state index in [1.807, 2.05) is 30.3 Å². The Bertz CT molecular complexity index is 603. The fraction of sp³-hybridized carbons (Fsp3) is 0.438. The number of nitrogens with one attached hydrogen (secondary N) is 1. The molecule has 4 nitrogen and oxygen atoms in total. The number of aliphatic hydroxyl groups excluding tert-OH is 1. The van der Waals surface area contributed by atoms with Crippen LogP contribution < -0.4 is 5.32 Å². The van der Waals surface area contributed by atoms with Crippen LogP contribution in [0.1, 0.15) is 24.8 Å². The average Bonchev–Trinajstić information content (AvgIpc) is 2.45. The van der Waals surface area contributed by atoms with Crippen LogP contribution in [0.3, 0.4) is 0 Å². The number of ether oxygens (including phenoxy) is 1. The number of methoxy groups -OCH3 is 1. The Kier molecular flexibility index (Phi) is 3.59. The van der Waals surface area contributed by atoms with Gasteiger partial charge in [0, 0.05) is 24.6 Å². The monoisotopic (exact) mass is 272 g/mol. The third kappa shape index (κ3) is 2.37. The van der Waals surface area contributed by atoms with Crippen molar-refractivity contribution in [2.45, 2.75) is 31.5 Å². The molecule has 0 aliphatic heterocycles. The second-order valence-corrected chi connectivity index (χ2v) is 5.44. The van der Waals surface area contributed by atoms with Gasteiger partial charge in [-0.3, -0.25) is 0 Å². The van der Waals surface area contributed by atoms with Crippen LogP contribution in [-0.2, 0) is 11.3 Å². The smallest absolute Gasteiger partial charge is 0.132 e. The Morgan fingerprint density at radius 2 is 2.15 bits per heavy atom. The summed E-state index contributed by atoms with van der Waals surface area (Å²) >= 11 is 0. The maximum atomic E-state index is 9.52. The molecule has 20 heavy (non-hydrogen) atoms. The van der Waals surface area contributed by atoms with E-state index in [-0.39, 0.29) is 12.2 Å². The second-order valence-electron chi connectivity index (χ2n) is 5.44. The third-order valence-corrected chi connectivity index (χ3v) is 4.25. The van der Waals surface area contributed by atoms with Crippen molar-refractivity contribution in [1.29, 1.82) is 0 Å². The number of anilines is 1. The van der Waals surface area contributed by atoms with Crippen LogP contribution in [0.5, 0.6) is 0 Å². The molecule has 0 amide bonds. The van der Waals surface area contributed by atoms with Gasteiger partial charge in [-0.1, -0.05) is 18.2 Å². The highest BCUT2D eigenvalue weighted by Crippen LogP contribution is 2.35. The number of fused-ring (bicyclic) bond motifs is 1. The highest BCUT2D eigenvalue weighted by atomic mass is 16.5. The molecule has 3 rings (SSSR count). The fourth-order valence-corrected chi connectivity index (χ4v) is 2.70. The molecule has 1 aromatic heterocycles. The summed E-state index contributed by atoms with van der Waals surface area (Å²) in [6.07, 6.45) is 3.38. The zero-order valence-electron chi connectivity index (χ0n) is 11.7. The van der Waals surface area contributed by atoms with E-state index in [4.69, 9.17) is 4.74 Å². The molecule has 0 radical (unpaired) electrons. The number of hydrogen-bond acceptors (Lipinski definition) is 4. The van der Waals surface area contributed by atoms with Crippen LogP contribution in [-0.4, -0.2) is 29.3 Å². The highest BCUT2D eigenvalue weighted by molar-refractivity contribution is 5.81. The van der Waals surface area contributed by atoms with Gasteiger partial charge in [-0.05, 0) is 31.4 Å². The molecule has 1 aromatic carbocycles. The normalized spacial score (nSPS) is 16.9. The van der Waals surface area contributed by atoms with Crippen LogP contribution in [0.2, 0.25) is 0 Å². The van der Waals surface area contributed by atoms with Gasteiger partial charge < -0.3 is 15.2 Å².